The van der Waals surface area contributed by atoms with E-state index in [1.807, 2.05) is 34.6 Å². The average molecular weight is 1850 g/mol. The molecule has 0 aromatic heterocycles. The number of rotatable bonds is 46. The summed E-state index contributed by atoms with van der Waals surface area (Å²) in [5.41, 5.74) is 0. The molecule has 0 aromatic carbocycles. The maximum Gasteiger partial charge on any atom is 1.00 e. The molecule has 4 aliphatic heterocycles. The number of halogens is 1. The van der Waals surface area contributed by atoms with E-state index < -0.39 is 0 Å². The largest absolute Gasteiger partial charge is 1.00 e. The molecule has 4 heterocycles. The second-order valence-corrected chi connectivity index (χ2v) is 39.8. The van der Waals surface area contributed by atoms with Gasteiger partial charge in [0.1, 0.15) is 11.9 Å². The number of Topliss-reactive ketones (excluding diaryl/α,β-unsaturated/α-hetero) is 1. The van der Waals surface area contributed by atoms with Crippen LogP contribution >= 0.6 is 22.6 Å². The first-order valence-corrected chi connectivity index (χ1v) is 52.9. The zero-order valence-electron chi connectivity index (χ0n) is 82.6. The van der Waals surface area contributed by atoms with Gasteiger partial charge < -0.3 is 59.4 Å². The predicted octanol–water partition coefficient (Wildman–Crippen LogP) is 27.7. The summed E-state index contributed by atoms with van der Waals surface area (Å²) in [5, 5.41) is 17.6. The molecule has 9 rings (SSSR count). The number of cyclic esters (lactones) is 1. The summed E-state index contributed by atoms with van der Waals surface area (Å²) in [6.07, 6.45) is 77.8. The summed E-state index contributed by atoms with van der Waals surface area (Å²) in [5.74, 6) is 9.19. The van der Waals surface area contributed by atoms with Crippen LogP contribution in [0.2, 0.25) is 0 Å². The number of nitrogens with zero attached hydrogens (tertiary/aromatic N) is 4. The second kappa shape index (κ2) is 82.5. The first-order chi connectivity index (χ1) is 58.3. The van der Waals surface area contributed by atoms with Crippen LogP contribution in [0.5, 0.6) is 0 Å². The van der Waals surface area contributed by atoms with Gasteiger partial charge in [0.2, 0.25) is 24.7 Å². The molecule has 0 spiro atoms. The topological polar surface area (TPSA) is 147 Å². The Bertz CT molecular complexity index is 2550. The van der Waals surface area contributed by atoms with Gasteiger partial charge in [0.15, 0.2) is 11.6 Å². The maximum atomic E-state index is 11.8. The number of aliphatic hydroxyl groups excluding tert-OH is 2. The van der Waals surface area contributed by atoms with E-state index in [-0.39, 0.29) is 107 Å². The van der Waals surface area contributed by atoms with E-state index in [2.05, 4.69) is 76.6 Å². The van der Waals surface area contributed by atoms with Gasteiger partial charge in [-0.15, -0.1) is 0 Å². The number of carbonyl (C=O) groups is 2. The van der Waals surface area contributed by atoms with Crippen LogP contribution in [0.25, 0.3) is 19.4 Å². The minimum atomic E-state index is -0.378. The van der Waals surface area contributed by atoms with Gasteiger partial charge in [-0.1, -0.05) is 328 Å². The molecule has 4 saturated heterocycles. The Kier molecular flexibility index (Phi) is 83.0. The van der Waals surface area contributed by atoms with Crippen molar-refractivity contribution < 1.29 is 79.2 Å². The molecule has 6 unspecified atom stereocenters. The summed E-state index contributed by atoms with van der Waals surface area (Å²) in [6, 6.07) is 0.152. The molecule has 5 saturated carbocycles. The Morgan fingerprint density at radius 2 is 0.740 bits per heavy atom. The zero-order chi connectivity index (χ0) is 88.0. The van der Waals surface area contributed by atoms with E-state index in [4.69, 9.17) is 59.8 Å². The van der Waals surface area contributed by atoms with Crippen LogP contribution in [0.15, 0.2) is 0 Å². The van der Waals surface area contributed by atoms with Gasteiger partial charge in [-0.3, -0.25) is 9.59 Å². The quantitative estimate of drug-likeness (QED) is 0.0151. The number of esters is 1. The van der Waals surface area contributed by atoms with Crippen molar-refractivity contribution in [3.63, 3.8) is 0 Å². The number of hydrogen-bond acceptors (Lipinski definition) is 10. The molecule has 711 valence electrons. The number of ketones is 1. The Morgan fingerprint density at radius 1 is 0.423 bits per heavy atom. The van der Waals surface area contributed by atoms with E-state index in [1.54, 1.807) is 6.92 Å². The monoisotopic (exact) mass is 1850 g/mol. The van der Waals surface area contributed by atoms with E-state index in [1.165, 1.54) is 295 Å². The van der Waals surface area contributed by atoms with Gasteiger partial charge in [0, 0.05) is 118 Å². The molecule has 0 bridgehead atoms. The van der Waals surface area contributed by atoms with Crippen molar-refractivity contribution in [3.8, 4) is 0 Å². The van der Waals surface area contributed by atoms with Crippen molar-refractivity contribution in [1.82, 2.24) is 0 Å². The minimum Gasteiger partial charge on any atom is -1.00 e. The number of aliphatic hydroxyl groups is 2. The fourth-order valence-corrected chi connectivity index (χ4v) is 20.6. The number of unbranched alkanes of at least 4 members (excludes halogenated alkanes) is 10. The third-order valence-electron chi connectivity index (χ3n) is 28.5. The molecule has 6 atom stereocenters. The van der Waals surface area contributed by atoms with E-state index in [0.29, 0.717) is 18.7 Å². The van der Waals surface area contributed by atoms with E-state index >= 15 is 0 Å². The minimum absolute atomic E-state index is 0. The molecule has 0 aromatic rings. The van der Waals surface area contributed by atoms with Crippen LogP contribution in [0, 0.1) is 91.4 Å². The third kappa shape index (κ3) is 63.4. The van der Waals surface area contributed by atoms with Gasteiger partial charge in [0.25, 0.3) is 0 Å². The van der Waals surface area contributed by atoms with Crippen LogP contribution in [0.3, 0.4) is 0 Å². The normalized spacial score (nSPS) is 25.7. The Balaban J connectivity index is -0.00000141. The van der Waals surface area contributed by atoms with Crippen LogP contribution in [0.1, 0.15) is 477 Å². The first kappa shape index (κ1) is 124. The van der Waals surface area contributed by atoms with Crippen LogP contribution in [0.4, 0.5) is 0 Å². The Labute approximate surface area is 801 Å². The van der Waals surface area contributed by atoms with Crippen molar-refractivity contribution in [2.24, 2.45) is 65.1 Å². The number of carbonyl (C=O) groups excluding carboxylic acids is 2. The SMILES string of the molecule is C.C1CCOC1.CCCCCC1CCC(CCC2(CCI)OCCO2)CC1.CCCCCC1CCC(CCC2CCC(C)C(=O)O2)CC1.CCO.[B].[C-]#[N+]C(C)CCC(=O)CCC1CCC(CCCCC)CC1.[C-]#[N+]C(C)CCC(O)CCC1CCC(CCCCC)CC1.[C-]#[N+]C(C)CCC1(CCC2CCC(CCCCC)CC2)OCCO1.[C-]#[N+]CC.[H-].[Na+]. The first-order valence-electron chi connectivity index (χ1n) is 51.4. The summed E-state index contributed by atoms with van der Waals surface area (Å²) in [7, 11) is 0. The molecule has 0 amide bonds. The van der Waals surface area contributed by atoms with Gasteiger partial charge in [0.05, 0.1) is 38.4 Å². The molecule has 123 heavy (non-hydrogen) atoms. The Morgan fingerprint density at radius 3 is 1.06 bits per heavy atom. The van der Waals surface area contributed by atoms with Crippen molar-refractivity contribution in [2.45, 2.75) is 517 Å². The van der Waals surface area contributed by atoms with Gasteiger partial charge in [-0.2, -0.15) is 0 Å². The number of alkyl halides is 1. The molecule has 17 heteroatoms. The van der Waals surface area contributed by atoms with Crippen molar-refractivity contribution in [2.75, 3.05) is 57.2 Å². The third-order valence-corrected chi connectivity index (χ3v) is 29.0. The second-order valence-electron chi connectivity index (χ2n) is 38.8. The van der Waals surface area contributed by atoms with Crippen molar-refractivity contribution >= 4 is 42.8 Å². The van der Waals surface area contributed by atoms with Crippen molar-refractivity contribution in [3.05, 3.63) is 45.7 Å². The molecule has 5 aliphatic carbocycles. The number of hydrogen-bond donors (Lipinski definition) is 2. The van der Waals surface area contributed by atoms with E-state index in [9.17, 15) is 14.7 Å². The fourth-order valence-electron chi connectivity index (χ4n) is 19.8. The maximum absolute atomic E-state index is 11.8. The summed E-state index contributed by atoms with van der Waals surface area (Å²) < 4.78 is 35.4. The van der Waals surface area contributed by atoms with E-state index in [0.717, 1.165) is 193 Å². The van der Waals surface area contributed by atoms with Gasteiger partial charge >= 0.3 is 35.5 Å². The predicted molar refractivity (Wildman–Crippen MR) is 526 cm³/mol. The Hall–Kier alpha value is -1.39. The molecule has 9 fully saturated rings. The summed E-state index contributed by atoms with van der Waals surface area (Å²) >= 11 is 2.44. The summed E-state index contributed by atoms with van der Waals surface area (Å²) in [6.45, 7) is 55.7. The van der Waals surface area contributed by atoms with Crippen LogP contribution in [-0.4, -0.2) is 130 Å². The number of ether oxygens (including phenoxy) is 6. The van der Waals surface area contributed by atoms with Crippen molar-refractivity contribution in [1.29, 1.82) is 0 Å². The standard InChI is InChI=1S/C21H37NO2.C19H35NO.C19H33NO.C19H34O2.C18H33IO2.C4H8O.C3H5N.C2H6O.CH4.B.Na.H/c1-4-5-6-7-19-8-10-20(11-9-19)13-15-21(23-16-17-24-21)14-12-18(2)22-3;2*1-4-5-6-7-17-9-11-18(12-10-17)13-15-19(21)14-8-16(2)20-3;1-3-4-5-6-16-8-10-17(11-9-16)12-14-18-13-7-15(2)19(20)21-18;1-2-3-4-5-16-6-8-17(9-7-16)10-11-18(12-13-19)20-14-15-21-18;1-2-4-5-3-1;1-3-4-2;1-2-3;;;;/h18-20H,4-17H2,1-2H3;16-19,21H,4-15H2,1-2H3;16-18H,4-15H2,1-2H3;15-18H,3-14H2,1-2H3;16-17H,2-15H2,1H3;1-4H2;3H2,1H3;3H,2H2,1H3;1H4;;;/q;;;;;;;;;;+1;-1. The van der Waals surface area contributed by atoms with Crippen LogP contribution in [-0.2, 0) is 38.0 Å². The fraction of sp³-hybridized carbons (Fsp3) is 0.943. The van der Waals surface area contributed by atoms with Gasteiger partial charge in [-0.25, -0.2) is 26.3 Å². The molecule has 9 aliphatic rings. The van der Waals surface area contributed by atoms with Crippen LogP contribution < -0.4 is 29.6 Å². The smallest absolute Gasteiger partial charge is 1.00 e. The molecular formula is C106H196BIN4NaO10. The summed E-state index contributed by atoms with van der Waals surface area (Å²) in [4.78, 5) is 37.0. The zero-order valence-corrected chi connectivity index (χ0v) is 85.8. The van der Waals surface area contributed by atoms with Gasteiger partial charge in [-0.05, 0) is 143 Å². The molecule has 2 N–H and O–H groups in total. The average Bonchev–Trinajstić information content (AvgIpc) is 1.71. The molecule has 14 nitrogen and oxygen atoms in total. The molecular weight excluding hydrogens is 1650 g/mol. The molecule has 3 radical (unpaired) electrons.